The van der Waals surface area contributed by atoms with Crippen LogP contribution in [0.2, 0.25) is 0 Å². The number of aromatic nitrogens is 2. The molecule has 2 aromatic heterocycles. The van der Waals surface area contributed by atoms with E-state index in [4.69, 9.17) is 10.5 Å². The number of benzene rings is 1. The smallest absolute Gasteiger partial charge is 0.260 e. The first-order valence-electron chi connectivity index (χ1n) is 8.75. The van der Waals surface area contributed by atoms with Gasteiger partial charge in [-0.2, -0.15) is 0 Å². The van der Waals surface area contributed by atoms with Crippen molar-refractivity contribution in [3.63, 3.8) is 0 Å². The molecule has 0 bridgehead atoms. The molecular formula is C20H24BrN3O2. The average Bonchev–Trinajstić information content (AvgIpc) is 2.57. The van der Waals surface area contributed by atoms with Gasteiger partial charge in [0.2, 0.25) is 0 Å². The summed E-state index contributed by atoms with van der Waals surface area (Å²) in [5, 5.41) is 2.50. The highest BCUT2D eigenvalue weighted by atomic mass is 79.9. The van der Waals surface area contributed by atoms with Crippen LogP contribution in [0, 0.1) is 12.8 Å². The highest BCUT2D eigenvalue weighted by molar-refractivity contribution is 9.10. The van der Waals surface area contributed by atoms with Crippen LogP contribution in [0.3, 0.4) is 0 Å². The fourth-order valence-electron chi connectivity index (χ4n) is 3.26. The highest BCUT2D eigenvalue weighted by Gasteiger charge is 2.14. The topological polar surface area (TPSA) is 70.1 Å². The van der Waals surface area contributed by atoms with Gasteiger partial charge in [0.25, 0.3) is 5.56 Å². The molecule has 0 aliphatic rings. The summed E-state index contributed by atoms with van der Waals surface area (Å²) in [7, 11) is 1.77. The molecule has 1 atom stereocenters. The number of ether oxygens (including phenoxy) is 1. The first kappa shape index (κ1) is 18.9. The molecule has 5 nitrogen and oxygen atoms in total. The molecule has 26 heavy (non-hydrogen) atoms. The summed E-state index contributed by atoms with van der Waals surface area (Å²) in [6.45, 7) is 6.64. The lowest BCUT2D eigenvalue weighted by molar-refractivity contribution is 0.270. The number of rotatable bonds is 5. The molecule has 3 rings (SSSR count). The van der Waals surface area contributed by atoms with Gasteiger partial charge in [0.1, 0.15) is 12.4 Å². The summed E-state index contributed by atoms with van der Waals surface area (Å²) in [5.41, 5.74) is 7.76. The molecule has 2 heterocycles. The molecule has 3 aromatic rings. The van der Waals surface area contributed by atoms with E-state index in [-0.39, 0.29) is 11.6 Å². The van der Waals surface area contributed by atoms with Gasteiger partial charge in [-0.1, -0.05) is 13.8 Å². The third-order valence-corrected chi connectivity index (χ3v) is 5.12. The Kier molecular flexibility index (Phi) is 5.34. The molecule has 1 unspecified atom stereocenters. The van der Waals surface area contributed by atoms with Crippen molar-refractivity contribution in [1.82, 2.24) is 9.55 Å². The van der Waals surface area contributed by atoms with E-state index in [1.807, 2.05) is 25.1 Å². The van der Waals surface area contributed by atoms with E-state index in [0.29, 0.717) is 23.7 Å². The molecule has 2 N–H and O–H groups in total. The van der Waals surface area contributed by atoms with Gasteiger partial charge >= 0.3 is 0 Å². The largest absolute Gasteiger partial charge is 0.491 e. The van der Waals surface area contributed by atoms with E-state index in [2.05, 4.69) is 34.8 Å². The molecule has 0 amide bonds. The van der Waals surface area contributed by atoms with Crippen LogP contribution < -0.4 is 16.0 Å². The lowest BCUT2D eigenvalue weighted by Crippen LogP contribution is -2.29. The summed E-state index contributed by atoms with van der Waals surface area (Å²) >= 11 is 3.60. The van der Waals surface area contributed by atoms with Gasteiger partial charge < -0.3 is 15.0 Å². The Balaban J connectivity index is 2.09. The van der Waals surface area contributed by atoms with Crippen LogP contribution in [0.1, 0.15) is 26.0 Å². The maximum atomic E-state index is 12.7. The van der Waals surface area contributed by atoms with E-state index in [0.717, 1.165) is 32.9 Å². The quantitative estimate of drug-likeness (QED) is 0.638. The standard InChI is InChI=1S/C20H24BrN3O2/c1-11(2)5-13(22)10-26-19-8-18-15(7-17(19)21)14-6-12(3)23-9-16(14)20(25)24(18)4/h6-9,11,13H,5,10,22H2,1-4H3. The van der Waals surface area contributed by atoms with Crippen molar-refractivity contribution >= 4 is 37.6 Å². The number of hydrogen-bond acceptors (Lipinski definition) is 4. The summed E-state index contributed by atoms with van der Waals surface area (Å²) in [6, 6.07) is 5.83. The molecule has 6 heteroatoms. The Labute approximate surface area is 161 Å². The second-order valence-corrected chi connectivity index (χ2v) is 8.09. The second kappa shape index (κ2) is 7.37. The molecule has 0 radical (unpaired) electrons. The first-order chi connectivity index (χ1) is 12.3. The zero-order valence-electron chi connectivity index (χ0n) is 15.5. The van der Waals surface area contributed by atoms with Crippen molar-refractivity contribution in [3.8, 4) is 5.75 Å². The fraction of sp³-hybridized carbons (Fsp3) is 0.400. The van der Waals surface area contributed by atoms with Gasteiger partial charge in [-0.15, -0.1) is 0 Å². The second-order valence-electron chi connectivity index (χ2n) is 7.24. The van der Waals surface area contributed by atoms with Gasteiger partial charge in [0, 0.05) is 36.4 Å². The van der Waals surface area contributed by atoms with E-state index in [1.165, 1.54) is 0 Å². The van der Waals surface area contributed by atoms with Crippen LogP contribution in [0.15, 0.2) is 33.7 Å². The van der Waals surface area contributed by atoms with E-state index in [1.54, 1.807) is 17.8 Å². The van der Waals surface area contributed by atoms with Crippen LogP contribution in [0.5, 0.6) is 5.75 Å². The molecule has 0 aliphatic heterocycles. The lowest BCUT2D eigenvalue weighted by Gasteiger charge is -2.17. The van der Waals surface area contributed by atoms with Crippen LogP contribution >= 0.6 is 15.9 Å². The summed E-state index contributed by atoms with van der Waals surface area (Å²) < 4.78 is 8.42. The SMILES string of the molecule is Cc1cc2c(cn1)c(=O)n(C)c1cc(OCC(N)CC(C)C)c(Br)cc21. The van der Waals surface area contributed by atoms with E-state index < -0.39 is 0 Å². The van der Waals surface area contributed by atoms with Gasteiger partial charge in [0.15, 0.2) is 0 Å². The van der Waals surface area contributed by atoms with E-state index in [9.17, 15) is 4.79 Å². The Morgan fingerprint density at radius 1 is 1.23 bits per heavy atom. The molecular weight excluding hydrogens is 394 g/mol. The van der Waals surface area contributed by atoms with Gasteiger partial charge in [-0.25, -0.2) is 0 Å². The molecule has 1 aromatic carbocycles. The zero-order valence-corrected chi connectivity index (χ0v) is 17.1. The third-order valence-electron chi connectivity index (χ3n) is 4.50. The fourth-order valence-corrected chi connectivity index (χ4v) is 3.72. The number of nitrogens with zero attached hydrogens (tertiary/aromatic N) is 2. The van der Waals surface area contributed by atoms with E-state index >= 15 is 0 Å². The zero-order chi connectivity index (χ0) is 19.0. The number of fused-ring (bicyclic) bond motifs is 3. The van der Waals surface area contributed by atoms with Crippen molar-refractivity contribution in [1.29, 1.82) is 0 Å². The van der Waals surface area contributed by atoms with Crippen LogP contribution in [-0.4, -0.2) is 22.2 Å². The maximum absolute atomic E-state index is 12.7. The normalized spacial score (nSPS) is 12.9. The monoisotopic (exact) mass is 417 g/mol. The predicted octanol–water partition coefficient (Wildman–Crippen LogP) is 3.91. The minimum atomic E-state index is -0.0650. The Morgan fingerprint density at radius 2 is 1.96 bits per heavy atom. The van der Waals surface area contributed by atoms with Gasteiger partial charge in [-0.3, -0.25) is 9.78 Å². The van der Waals surface area contributed by atoms with Crippen molar-refractivity contribution in [3.05, 3.63) is 44.9 Å². The Hall–Kier alpha value is -1.92. The third kappa shape index (κ3) is 3.62. The van der Waals surface area contributed by atoms with Crippen molar-refractivity contribution in [2.45, 2.75) is 33.2 Å². The molecule has 0 aliphatic carbocycles. The number of pyridine rings is 2. The Morgan fingerprint density at radius 3 is 2.65 bits per heavy atom. The predicted molar refractivity (Wildman–Crippen MR) is 110 cm³/mol. The first-order valence-corrected chi connectivity index (χ1v) is 9.54. The van der Waals surface area contributed by atoms with Crippen LogP contribution in [0.25, 0.3) is 21.7 Å². The average molecular weight is 418 g/mol. The minimum absolute atomic E-state index is 0.0215. The number of hydrogen-bond donors (Lipinski definition) is 1. The Bertz CT molecular complexity index is 1030. The van der Waals surface area contributed by atoms with Gasteiger partial charge in [-0.05, 0) is 52.7 Å². The highest BCUT2D eigenvalue weighted by Crippen LogP contribution is 2.33. The molecule has 0 fully saturated rings. The number of aryl methyl sites for hydroxylation is 2. The van der Waals surface area contributed by atoms with Crippen LogP contribution in [-0.2, 0) is 7.05 Å². The van der Waals surface area contributed by atoms with Crippen molar-refractivity contribution in [2.24, 2.45) is 18.7 Å². The molecule has 0 saturated heterocycles. The molecule has 0 spiro atoms. The van der Waals surface area contributed by atoms with Crippen LogP contribution in [0.4, 0.5) is 0 Å². The van der Waals surface area contributed by atoms with Crippen molar-refractivity contribution in [2.75, 3.05) is 6.61 Å². The summed E-state index contributed by atoms with van der Waals surface area (Å²) in [4.78, 5) is 17.0. The van der Waals surface area contributed by atoms with Gasteiger partial charge in [0.05, 0.1) is 15.4 Å². The molecule has 0 saturated carbocycles. The maximum Gasteiger partial charge on any atom is 0.260 e. The minimum Gasteiger partial charge on any atom is -0.491 e. The summed E-state index contributed by atoms with van der Waals surface area (Å²) in [6.07, 6.45) is 2.55. The summed E-state index contributed by atoms with van der Waals surface area (Å²) in [5.74, 6) is 1.22. The van der Waals surface area contributed by atoms with Crippen molar-refractivity contribution < 1.29 is 4.74 Å². The molecule has 138 valence electrons. The number of nitrogens with two attached hydrogens (primary N) is 1. The number of halogens is 1. The lowest BCUT2D eigenvalue weighted by atomic mass is 10.1.